The lowest BCUT2D eigenvalue weighted by molar-refractivity contribution is -0.125. The minimum absolute atomic E-state index is 0.0435. The molecule has 0 unspecified atom stereocenters. The summed E-state index contributed by atoms with van der Waals surface area (Å²) in [6, 6.07) is 8.78. The summed E-state index contributed by atoms with van der Waals surface area (Å²) in [5, 5.41) is 12.4. The molecule has 27 heavy (non-hydrogen) atoms. The summed E-state index contributed by atoms with van der Waals surface area (Å²) in [5.41, 5.74) is 3.03. The van der Waals surface area contributed by atoms with Crippen molar-refractivity contribution in [2.45, 2.75) is 33.2 Å². The molecular formula is C19H25N5O3. The lowest BCUT2D eigenvalue weighted by Crippen LogP contribution is -2.36. The van der Waals surface area contributed by atoms with Crippen molar-refractivity contribution in [3.63, 3.8) is 0 Å². The molecule has 0 radical (unpaired) electrons. The SMILES string of the molecule is CC(=O)N[C@@H](CC(=O)NCC(=O)Nc1c(C)nn(C)c1C)c1ccccc1. The van der Waals surface area contributed by atoms with Crippen LogP contribution in [0.5, 0.6) is 0 Å². The van der Waals surface area contributed by atoms with Crippen molar-refractivity contribution < 1.29 is 14.4 Å². The first-order chi connectivity index (χ1) is 12.8. The van der Waals surface area contributed by atoms with Gasteiger partial charge in [0.25, 0.3) is 0 Å². The van der Waals surface area contributed by atoms with E-state index in [-0.39, 0.29) is 30.7 Å². The van der Waals surface area contributed by atoms with Crippen LogP contribution in [0.2, 0.25) is 0 Å². The molecule has 0 saturated carbocycles. The number of hydrogen-bond acceptors (Lipinski definition) is 4. The minimum Gasteiger partial charge on any atom is -0.349 e. The topological polar surface area (TPSA) is 105 Å². The summed E-state index contributed by atoms with van der Waals surface area (Å²) in [6.45, 7) is 4.90. The van der Waals surface area contributed by atoms with E-state index in [4.69, 9.17) is 0 Å². The maximum absolute atomic E-state index is 12.2. The highest BCUT2D eigenvalue weighted by atomic mass is 16.2. The Morgan fingerprint density at radius 2 is 1.78 bits per heavy atom. The monoisotopic (exact) mass is 371 g/mol. The van der Waals surface area contributed by atoms with Gasteiger partial charge in [0.05, 0.1) is 36.1 Å². The fourth-order valence-corrected chi connectivity index (χ4v) is 2.76. The fourth-order valence-electron chi connectivity index (χ4n) is 2.76. The van der Waals surface area contributed by atoms with Crippen LogP contribution < -0.4 is 16.0 Å². The maximum atomic E-state index is 12.2. The standard InChI is InChI=1S/C19H25N5O3/c1-12-19(13(2)24(4)23-12)22-18(27)11-20-17(26)10-16(21-14(3)25)15-8-6-5-7-9-15/h5-9,16H,10-11H2,1-4H3,(H,20,26)(H,21,25)(H,22,27)/t16-/m0/s1. The molecule has 2 aromatic rings. The van der Waals surface area contributed by atoms with Gasteiger partial charge in [0, 0.05) is 14.0 Å². The Balaban J connectivity index is 1.91. The van der Waals surface area contributed by atoms with Gasteiger partial charge in [-0.25, -0.2) is 0 Å². The summed E-state index contributed by atoms with van der Waals surface area (Å²) >= 11 is 0. The summed E-state index contributed by atoms with van der Waals surface area (Å²) in [7, 11) is 1.80. The summed E-state index contributed by atoms with van der Waals surface area (Å²) in [6.07, 6.45) is 0.0435. The molecule has 0 bridgehead atoms. The van der Waals surface area contributed by atoms with Crippen LogP contribution >= 0.6 is 0 Å². The van der Waals surface area contributed by atoms with E-state index >= 15 is 0 Å². The second-order valence-corrected chi connectivity index (χ2v) is 6.36. The Bertz CT molecular complexity index is 829. The van der Waals surface area contributed by atoms with E-state index in [1.54, 1.807) is 18.7 Å². The van der Waals surface area contributed by atoms with Crippen molar-refractivity contribution >= 4 is 23.4 Å². The predicted octanol–water partition coefficient (Wildman–Crippen LogP) is 1.36. The number of amides is 3. The number of carbonyl (C=O) groups is 3. The van der Waals surface area contributed by atoms with Crippen LogP contribution in [-0.4, -0.2) is 34.0 Å². The van der Waals surface area contributed by atoms with Gasteiger partial charge in [-0.05, 0) is 19.4 Å². The zero-order chi connectivity index (χ0) is 20.0. The van der Waals surface area contributed by atoms with Crippen molar-refractivity contribution in [3.05, 3.63) is 47.3 Å². The van der Waals surface area contributed by atoms with Crippen LogP contribution in [0, 0.1) is 13.8 Å². The van der Waals surface area contributed by atoms with Gasteiger partial charge in [-0.2, -0.15) is 5.10 Å². The van der Waals surface area contributed by atoms with Gasteiger partial charge in [-0.15, -0.1) is 0 Å². The zero-order valence-electron chi connectivity index (χ0n) is 16.0. The average Bonchev–Trinajstić information content (AvgIpc) is 2.86. The Morgan fingerprint density at radius 1 is 1.11 bits per heavy atom. The second kappa shape index (κ2) is 8.98. The van der Waals surface area contributed by atoms with Gasteiger partial charge in [-0.3, -0.25) is 19.1 Å². The highest BCUT2D eigenvalue weighted by Crippen LogP contribution is 2.18. The van der Waals surface area contributed by atoms with E-state index in [2.05, 4.69) is 21.0 Å². The molecule has 3 amide bonds. The van der Waals surface area contributed by atoms with Gasteiger partial charge < -0.3 is 16.0 Å². The minimum atomic E-state index is -0.449. The molecule has 0 saturated heterocycles. The molecule has 3 N–H and O–H groups in total. The van der Waals surface area contributed by atoms with E-state index in [1.807, 2.05) is 37.3 Å². The first-order valence-corrected chi connectivity index (χ1v) is 8.66. The normalized spacial score (nSPS) is 11.6. The van der Waals surface area contributed by atoms with Crippen molar-refractivity contribution in [2.24, 2.45) is 7.05 Å². The number of benzene rings is 1. The number of hydrogen-bond donors (Lipinski definition) is 3. The van der Waals surface area contributed by atoms with Gasteiger partial charge in [0.15, 0.2) is 0 Å². The van der Waals surface area contributed by atoms with E-state index in [0.29, 0.717) is 11.4 Å². The molecule has 0 aliphatic rings. The van der Waals surface area contributed by atoms with Gasteiger partial charge in [0.1, 0.15) is 0 Å². The first-order valence-electron chi connectivity index (χ1n) is 8.66. The summed E-state index contributed by atoms with van der Waals surface area (Å²) < 4.78 is 1.68. The van der Waals surface area contributed by atoms with E-state index < -0.39 is 6.04 Å². The number of aromatic nitrogens is 2. The molecule has 8 nitrogen and oxygen atoms in total. The van der Waals surface area contributed by atoms with Gasteiger partial charge in [-0.1, -0.05) is 30.3 Å². The third-order valence-corrected chi connectivity index (χ3v) is 4.19. The average molecular weight is 371 g/mol. The third-order valence-electron chi connectivity index (χ3n) is 4.19. The Labute approximate surface area is 158 Å². The van der Waals surface area contributed by atoms with Crippen LogP contribution in [0.1, 0.15) is 36.3 Å². The molecule has 0 aliphatic carbocycles. The van der Waals surface area contributed by atoms with Crippen LogP contribution in [0.4, 0.5) is 5.69 Å². The Morgan fingerprint density at radius 3 is 2.33 bits per heavy atom. The molecule has 0 spiro atoms. The molecule has 1 aromatic carbocycles. The molecular weight excluding hydrogens is 346 g/mol. The number of nitrogens with zero attached hydrogens (tertiary/aromatic N) is 2. The molecule has 144 valence electrons. The quantitative estimate of drug-likeness (QED) is 0.683. The molecule has 8 heteroatoms. The van der Waals surface area contributed by atoms with Crippen LogP contribution in [-0.2, 0) is 21.4 Å². The van der Waals surface area contributed by atoms with Crippen molar-refractivity contribution in [2.75, 3.05) is 11.9 Å². The molecule has 1 heterocycles. The third kappa shape index (κ3) is 5.67. The molecule has 2 rings (SSSR count). The molecule has 1 aromatic heterocycles. The van der Waals surface area contributed by atoms with E-state index in [0.717, 1.165) is 11.3 Å². The number of rotatable bonds is 7. The van der Waals surface area contributed by atoms with Crippen molar-refractivity contribution in [1.82, 2.24) is 20.4 Å². The number of anilines is 1. The smallest absolute Gasteiger partial charge is 0.243 e. The Kier molecular flexibility index (Phi) is 6.70. The van der Waals surface area contributed by atoms with E-state index in [1.165, 1.54) is 6.92 Å². The predicted molar refractivity (Wildman–Crippen MR) is 102 cm³/mol. The Hall–Kier alpha value is -3.16. The van der Waals surface area contributed by atoms with Crippen LogP contribution in [0.15, 0.2) is 30.3 Å². The lowest BCUT2D eigenvalue weighted by atomic mass is 10.0. The lowest BCUT2D eigenvalue weighted by Gasteiger charge is -2.18. The summed E-state index contributed by atoms with van der Waals surface area (Å²) in [5.74, 6) is -0.886. The molecule has 0 aliphatic heterocycles. The number of carbonyl (C=O) groups excluding carboxylic acids is 3. The van der Waals surface area contributed by atoms with Gasteiger partial charge >= 0.3 is 0 Å². The largest absolute Gasteiger partial charge is 0.349 e. The molecule has 1 atom stereocenters. The first kappa shape index (κ1) is 20.2. The maximum Gasteiger partial charge on any atom is 0.243 e. The van der Waals surface area contributed by atoms with E-state index in [9.17, 15) is 14.4 Å². The van der Waals surface area contributed by atoms with Crippen LogP contribution in [0.25, 0.3) is 0 Å². The summed E-state index contributed by atoms with van der Waals surface area (Å²) in [4.78, 5) is 35.8. The van der Waals surface area contributed by atoms with Crippen molar-refractivity contribution in [3.8, 4) is 0 Å². The van der Waals surface area contributed by atoms with Crippen LogP contribution in [0.3, 0.4) is 0 Å². The second-order valence-electron chi connectivity index (χ2n) is 6.36. The highest BCUT2D eigenvalue weighted by molar-refractivity contribution is 5.95. The fraction of sp³-hybridized carbons (Fsp3) is 0.368. The number of aryl methyl sites for hydroxylation is 2. The van der Waals surface area contributed by atoms with Gasteiger partial charge in [0.2, 0.25) is 17.7 Å². The highest BCUT2D eigenvalue weighted by Gasteiger charge is 2.18. The number of nitrogens with one attached hydrogen (secondary N) is 3. The van der Waals surface area contributed by atoms with Crippen molar-refractivity contribution in [1.29, 1.82) is 0 Å². The molecule has 0 fully saturated rings. The zero-order valence-corrected chi connectivity index (χ0v) is 16.0.